The van der Waals surface area contributed by atoms with Crippen molar-refractivity contribution in [1.29, 1.82) is 0 Å². The van der Waals surface area contributed by atoms with Gasteiger partial charge in [-0.3, -0.25) is 0 Å². The van der Waals surface area contributed by atoms with Gasteiger partial charge in [-0.2, -0.15) is 17.0 Å². The molecule has 1 atom stereocenters. The summed E-state index contributed by atoms with van der Waals surface area (Å²) in [6.45, 7) is 14.1. The Morgan fingerprint density at radius 3 is 2.57 bits per heavy atom. The van der Waals surface area contributed by atoms with Crippen LogP contribution in [0.1, 0.15) is 47.0 Å². The van der Waals surface area contributed by atoms with Gasteiger partial charge >= 0.3 is 0 Å². The van der Waals surface area contributed by atoms with Crippen LogP contribution in [-0.2, 0) is 10.2 Å². The number of hydrogen-bond acceptors (Lipinski definition) is 3. The summed E-state index contributed by atoms with van der Waals surface area (Å²) < 4.78 is 29.4. The second kappa shape index (κ2) is 7.72. The Balaban J connectivity index is 3.02. The summed E-state index contributed by atoms with van der Waals surface area (Å²) in [5.74, 6) is 0. The minimum Gasteiger partial charge on any atom is -0.315 e. The molecule has 124 valence electrons. The van der Waals surface area contributed by atoms with E-state index in [0.29, 0.717) is 13.1 Å². The highest BCUT2D eigenvalue weighted by Gasteiger charge is 2.40. The predicted molar refractivity (Wildman–Crippen MR) is 88.5 cm³/mol. The largest absolute Gasteiger partial charge is 0.315 e. The smallest absolute Gasteiger partial charge is 0.283 e. The molecule has 0 amide bonds. The van der Waals surface area contributed by atoms with Crippen LogP contribution < -0.4 is 5.32 Å². The lowest BCUT2D eigenvalue weighted by atomic mass is 10.1. The van der Waals surface area contributed by atoms with Crippen LogP contribution in [0.25, 0.3) is 0 Å². The van der Waals surface area contributed by atoms with Crippen molar-refractivity contribution >= 4 is 10.2 Å². The first-order valence-electron chi connectivity index (χ1n) is 7.86. The van der Waals surface area contributed by atoms with E-state index in [1.54, 1.807) is 14.7 Å². The van der Waals surface area contributed by atoms with Crippen LogP contribution in [0, 0.1) is 0 Å². The Labute approximate surface area is 130 Å². The average Bonchev–Trinajstić information content (AvgIpc) is 2.41. The topological polar surface area (TPSA) is 52.7 Å². The highest BCUT2D eigenvalue weighted by molar-refractivity contribution is 7.86. The molecule has 5 nitrogen and oxygen atoms in total. The van der Waals surface area contributed by atoms with Crippen molar-refractivity contribution in [2.24, 2.45) is 0 Å². The second-order valence-corrected chi connectivity index (χ2v) is 8.37. The van der Waals surface area contributed by atoms with Crippen LogP contribution in [0.2, 0.25) is 0 Å². The van der Waals surface area contributed by atoms with Crippen molar-refractivity contribution in [1.82, 2.24) is 13.9 Å². The molecule has 1 fully saturated rings. The van der Waals surface area contributed by atoms with Crippen LogP contribution in [0.3, 0.4) is 0 Å². The van der Waals surface area contributed by atoms with Gasteiger partial charge in [-0.05, 0) is 40.2 Å². The van der Waals surface area contributed by atoms with Crippen molar-refractivity contribution < 1.29 is 8.42 Å². The number of piperidine rings is 1. The van der Waals surface area contributed by atoms with Crippen molar-refractivity contribution in [3.8, 4) is 0 Å². The van der Waals surface area contributed by atoms with E-state index in [9.17, 15) is 8.42 Å². The van der Waals surface area contributed by atoms with Gasteiger partial charge in [0.25, 0.3) is 10.2 Å². The fourth-order valence-electron chi connectivity index (χ4n) is 2.75. The molecule has 1 rings (SSSR count). The Morgan fingerprint density at radius 1 is 1.38 bits per heavy atom. The van der Waals surface area contributed by atoms with E-state index >= 15 is 0 Å². The summed E-state index contributed by atoms with van der Waals surface area (Å²) in [4.78, 5) is 0. The van der Waals surface area contributed by atoms with Crippen LogP contribution in [-0.4, -0.2) is 54.8 Å². The van der Waals surface area contributed by atoms with Gasteiger partial charge in [-0.1, -0.05) is 19.4 Å². The molecule has 1 saturated heterocycles. The summed E-state index contributed by atoms with van der Waals surface area (Å²) >= 11 is 0. The lowest BCUT2D eigenvalue weighted by Crippen LogP contribution is -2.57. The Kier molecular flexibility index (Phi) is 6.84. The third-order valence-electron chi connectivity index (χ3n) is 3.82. The maximum Gasteiger partial charge on any atom is 0.283 e. The molecule has 0 bridgehead atoms. The van der Waals surface area contributed by atoms with Crippen LogP contribution in [0.15, 0.2) is 12.7 Å². The molecule has 0 radical (unpaired) electrons. The minimum absolute atomic E-state index is 0.0540. The molecule has 21 heavy (non-hydrogen) atoms. The minimum atomic E-state index is -3.47. The lowest BCUT2D eigenvalue weighted by molar-refractivity contribution is 0.198. The van der Waals surface area contributed by atoms with E-state index in [1.165, 1.54) is 0 Å². The van der Waals surface area contributed by atoms with Crippen LogP contribution in [0.5, 0.6) is 0 Å². The Bertz CT molecular complexity index is 429. The Hall–Kier alpha value is -0.430. The van der Waals surface area contributed by atoms with Crippen LogP contribution in [0.4, 0.5) is 0 Å². The maximum absolute atomic E-state index is 13.1. The van der Waals surface area contributed by atoms with E-state index in [2.05, 4.69) is 11.9 Å². The lowest BCUT2D eigenvalue weighted by Gasteiger charge is -2.42. The highest BCUT2D eigenvalue weighted by Crippen LogP contribution is 2.27. The molecule has 0 aliphatic carbocycles. The predicted octanol–water partition coefficient (Wildman–Crippen LogP) is 1.98. The second-order valence-electron chi connectivity index (χ2n) is 6.57. The van der Waals surface area contributed by atoms with Gasteiger partial charge in [-0.25, -0.2) is 0 Å². The van der Waals surface area contributed by atoms with Crippen LogP contribution >= 0.6 is 0 Å². The zero-order chi connectivity index (χ0) is 16.1. The van der Waals surface area contributed by atoms with Gasteiger partial charge in [0.15, 0.2) is 0 Å². The first-order chi connectivity index (χ1) is 9.75. The van der Waals surface area contributed by atoms with Crippen molar-refractivity contribution in [3.05, 3.63) is 12.7 Å². The first-order valence-corrected chi connectivity index (χ1v) is 9.26. The molecule has 6 heteroatoms. The molecular weight excluding hydrogens is 286 g/mol. The molecule has 1 unspecified atom stereocenters. The summed E-state index contributed by atoms with van der Waals surface area (Å²) in [5, 5.41) is 3.28. The van der Waals surface area contributed by atoms with E-state index in [0.717, 1.165) is 32.4 Å². The monoisotopic (exact) mass is 317 g/mol. The third-order valence-corrected chi connectivity index (χ3v) is 6.15. The molecule has 1 N–H and O–H groups in total. The summed E-state index contributed by atoms with van der Waals surface area (Å²) in [6, 6.07) is 0.0540. The van der Waals surface area contributed by atoms with Gasteiger partial charge in [0.1, 0.15) is 0 Å². The zero-order valence-corrected chi connectivity index (χ0v) is 14.7. The number of nitrogens with one attached hydrogen (secondary N) is 1. The van der Waals surface area contributed by atoms with Gasteiger partial charge in [0.05, 0.1) is 0 Å². The quantitative estimate of drug-likeness (QED) is 0.731. The molecule has 0 aromatic carbocycles. The average molecular weight is 317 g/mol. The fraction of sp³-hybridized carbons (Fsp3) is 0.867. The summed E-state index contributed by atoms with van der Waals surface area (Å²) in [6.07, 6.45) is 4.62. The standard InChI is InChI=1S/C15H31N3O2S/c1-6-11-18(15(3,4)5)21(19,20)17-12-9-8-10-14(17)13-16-7-2/h6,14,16H,1,7-13H2,2-5H3. The summed E-state index contributed by atoms with van der Waals surface area (Å²) in [7, 11) is -3.47. The summed E-state index contributed by atoms with van der Waals surface area (Å²) in [5.41, 5.74) is -0.451. The fourth-order valence-corrected chi connectivity index (χ4v) is 4.91. The number of hydrogen-bond donors (Lipinski definition) is 1. The SMILES string of the molecule is C=CCN(C(C)(C)C)S(=O)(=O)N1CCCCC1CNCC. The number of likely N-dealkylation sites (N-methyl/N-ethyl adjacent to an activating group) is 1. The van der Waals surface area contributed by atoms with Crippen molar-refractivity contribution in [2.45, 2.75) is 58.5 Å². The van der Waals surface area contributed by atoms with E-state index in [1.807, 2.05) is 27.7 Å². The zero-order valence-electron chi connectivity index (χ0n) is 13.9. The van der Waals surface area contributed by atoms with Gasteiger partial charge in [0.2, 0.25) is 0 Å². The molecule has 1 heterocycles. The number of rotatable bonds is 7. The number of nitrogens with zero attached hydrogens (tertiary/aromatic N) is 2. The van der Waals surface area contributed by atoms with Crippen molar-refractivity contribution in [2.75, 3.05) is 26.2 Å². The van der Waals surface area contributed by atoms with E-state index < -0.39 is 15.7 Å². The molecular formula is C15H31N3O2S. The van der Waals surface area contributed by atoms with E-state index in [-0.39, 0.29) is 6.04 Å². The first kappa shape index (κ1) is 18.6. The third kappa shape index (κ3) is 4.77. The molecule has 1 aliphatic heterocycles. The van der Waals surface area contributed by atoms with Gasteiger partial charge in [0, 0.05) is 31.2 Å². The van der Waals surface area contributed by atoms with Gasteiger partial charge in [-0.15, -0.1) is 6.58 Å². The molecule has 0 saturated carbocycles. The molecule has 0 aromatic rings. The van der Waals surface area contributed by atoms with E-state index in [4.69, 9.17) is 0 Å². The van der Waals surface area contributed by atoms with Crippen molar-refractivity contribution in [3.63, 3.8) is 0 Å². The van der Waals surface area contributed by atoms with Gasteiger partial charge < -0.3 is 5.32 Å². The molecule has 0 spiro atoms. The molecule has 0 aromatic heterocycles. The molecule has 1 aliphatic rings. The maximum atomic E-state index is 13.1. The highest BCUT2D eigenvalue weighted by atomic mass is 32.2. The normalized spacial score (nSPS) is 21.7. The Morgan fingerprint density at radius 2 is 2.05 bits per heavy atom.